The van der Waals surface area contributed by atoms with Crippen LogP contribution >= 0.6 is 0 Å². The molecule has 102 valence electrons. The van der Waals surface area contributed by atoms with Crippen molar-refractivity contribution in [2.24, 2.45) is 0 Å². The van der Waals surface area contributed by atoms with Gasteiger partial charge in [-0.1, -0.05) is 0 Å². The zero-order valence-electron chi connectivity index (χ0n) is 10.5. The minimum atomic E-state index is -0.547. The van der Waals surface area contributed by atoms with Crippen LogP contribution < -0.4 is 10.6 Å². The van der Waals surface area contributed by atoms with Crippen molar-refractivity contribution >= 4 is 23.0 Å². The van der Waals surface area contributed by atoms with Crippen LogP contribution in [0.15, 0.2) is 36.9 Å². The van der Waals surface area contributed by atoms with E-state index in [9.17, 15) is 14.9 Å². The molecule has 0 spiro atoms. The van der Waals surface area contributed by atoms with Crippen LogP contribution in [0.1, 0.15) is 10.4 Å². The highest BCUT2D eigenvalue weighted by molar-refractivity contribution is 6.04. The molecular weight excluding hydrogens is 262 g/mol. The van der Waals surface area contributed by atoms with Gasteiger partial charge in [-0.15, -0.1) is 0 Å². The zero-order valence-corrected chi connectivity index (χ0v) is 10.5. The standard InChI is InChI=1S/C12H11N5O3/c1-13-10-3-2-8(4-11(10)17(19)20)12(18)16-9-5-14-7-15-6-9/h2-7,13H,1H3,(H,16,18). The quantitative estimate of drug-likeness (QED) is 0.647. The molecule has 0 saturated heterocycles. The number of nitro benzene ring substituents is 1. The average molecular weight is 273 g/mol. The van der Waals surface area contributed by atoms with E-state index in [2.05, 4.69) is 20.6 Å². The Balaban J connectivity index is 2.27. The predicted molar refractivity (Wildman–Crippen MR) is 72.6 cm³/mol. The number of amides is 1. The minimum Gasteiger partial charge on any atom is -0.383 e. The van der Waals surface area contributed by atoms with Crippen LogP contribution in [0.2, 0.25) is 0 Å². The molecule has 0 aliphatic carbocycles. The van der Waals surface area contributed by atoms with Crippen LogP contribution in [-0.4, -0.2) is 27.8 Å². The average Bonchev–Trinajstić information content (AvgIpc) is 2.47. The first kappa shape index (κ1) is 13.4. The van der Waals surface area contributed by atoms with Gasteiger partial charge >= 0.3 is 0 Å². The third-order valence-electron chi connectivity index (χ3n) is 2.54. The Labute approximate surface area is 114 Å². The first-order valence-corrected chi connectivity index (χ1v) is 5.64. The van der Waals surface area contributed by atoms with Gasteiger partial charge in [0.1, 0.15) is 12.0 Å². The summed E-state index contributed by atoms with van der Waals surface area (Å²) in [5.41, 5.74) is 0.774. The summed E-state index contributed by atoms with van der Waals surface area (Å²) in [6.07, 6.45) is 4.20. The highest BCUT2D eigenvalue weighted by atomic mass is 16.6. The van der Waals surface area contributed by atoms with Gasteiger partial charge in [0, 0.05) is 18.7 Å². The van der Waals surface area contributed by atoms with Crippen molar-refractivity contribution in [1.82, 2.24) is 9.97 Å². The molecule has 8 nitrogen and oxygen atoms in total. The van der Waals surface area contributed by atoms with Crippen molar-refractivity contribution < 1.29 is 9.72 Å². The van der Waals surface area contributed by atoms with Crippen molar-refractivity contribution in [3.05, 3.63) is 52.6 Å². The lowest BCUT2D eigenvalue weighted by Gasteiger charge is -2.06. The molecule has 0 aliphatic heterocycles. The monoisotopic (exact) mass is 273 g/mol. The number of aromatic nitrogens is 2. The van der Waals surface area contributed by atoms with E-state index in [0.29, 0.717) is 11.4 Å². The highest BCUT2D eigenvalue weighted by Gasteiger charge is 2.16. The lowest BCUT2D eigenvalue weighted by molar-refractivity contribution is -0.384. The number of hydrogen-bond donors (Lipinski definition) is 2. The van der Waals surface area contributed by atoms with Crippen LogP contribution in [0, 0.1) is 10.1 Å². The van der Waals surface area contributed by atoms with Gasteiger partial charge < -0.3 is 10.6 Å². The Morgan fingerprint density at radius 3 is 2.60 bits per heavy atom. The third-order valence-corrected chi connectivity index (χ3v) is 2.54. The summed E-state index contributed by atoms with van der Waals surface area (Å²) in [5, 5.41) is 16.2. The Morgan fingerprint density at radius 1 is 1.30 bits per heavy atom. The maximum Gasteiger partial charge on any atom is 0.293 e. The SMILES string of the molecule is CNc1ccc(C(=O)Nc2cncnc2)cc1[N+](=O)[O-]. The molecule has 8 heteroatoms. The second-order valence-electron chi connectivity index (χ2n) is 3.82. The smallest absolute Gasteiger partial charge is 0.293 e. The molecule has 1 amide bonds. The van der Waals surface area contributed by atoms with Crippen molar-refractivity contribution in [3.63, 3.8) is 0 Å². The number of carbonyl (C=O) groups is 1. The molecule has 0 bridgehead atoms. The van der Waals surface area contributed by atoms with E-state index < -0.39 is 10.8 Å². The molecule has 0 saturated carbocycles. The minimum absolute atomic E-state index is 0.163. The number of hydrogen-bond acceptors (Lipinski definition) is 6. The molecular formula is C12H11N5O3. The van der Waals surface area contributed by atoms with Crippen molar-refractivity contribution in [2.75, 3.05) is 17.7 Å². The first-order valence-electron chi connectivity index (χ1n) is 5.64. The molecule has 0 fully saturated rings. The number of nitrogens with one attached hydrogen (secondary N) is 2. The van der Waals surface area contributed by atoms with Crippen LogP contribution in [-0.2, 0) is 0 Å². The molecule has 1 heterocycles. The normalized spacial score (nSPS) is 9.85. The van der Waals surface area contributed by atoms with Gasteiger partial charge in [0.25, 0.3) is 11.6 Å². The van der Waals surface area contributed by atoms with Crippen molar-refractivity contribution in [1.29, 1.82) is 0 Å². The molecule has 2 N–H and O–H groups in total. The summed E-state index contributed by atoms with van der Waals surface area (Å²) >= 11 is 0. The van der Waals surface area contributed by atoms with E-state index >= 15 is 0 Å². The van der Waals surface area contributed by atoms with Crippen molar-refractivity contribution in [3.8, 4) is 0 Å². The molecule has 1 aromatic carbocycles. The van der Waals surface area contributed by atoms with E-state index in [-0.39, 0.29) is 11.3 Å². The highest BCUT2D eigenvalue weighted by Crippen LogP contribution is 2.25. The largest absolute Gasteiger partial charge is 0.383 e. The van der Waals surface area contributed by atoms with Crippen molar-refractivity contribution in [2.45, 2.75) is 0 Å². The second-order valence-corrected chi connectivity index (χ2v) is 3.82. The van der Waals surface area contributed by atoms with E-state index in [4.69, 9.17) is 0 Å². The number of carbonyl (C=O) groups excluding carboxylic acids is 1. The van der Waals surface area contributed by atoms with E-state index in [1.54, 1.807) is 7.05 Å². The van der Waals surface area contributed by atoms with Crippen LogP contribution in [0.5, 0.6) is 0 Å². The molecule has 2 rings (SSSR count). The van der Waals surface area contributed by atoms with Gasteiger partial charge in [0.15, 0.2) is 0 Å². The summed E-state index contributed by atoms with van der Waals surface area (Å²) in [5.74, 6) is -0.467. The number of benzene rings is 1. The van der Waals surface area contributed by atoms with Crippen LogP contribution in [0.4, 0.5) is 17.1 Å². The zero-order chi connectivity index (χ0) is 14.5. The van der Waals surface area contributed by atoms with E-state index in [1.165, 1.54) is 36.9 Å². The summed E-state index contributed by atoms with van der Waals surface area (Å²) in [6, 6.07) is 4.19. The Hall–Kier alpha value is -3.03. The second kappa shape index (κ2) is 5.74. The van der Waals surface area contributed by atoms with Gasteiger partial charge in [0.2, 0.25) is 0 Å². The van der Waals surface area contributed by atoms with Crippen LogP contribution in [0.25, 0.3) is 0 Å². The number of anilines is 2. The molecule has 0 atom stereocenters. The topological polar surface area (TPSA) is 110 Å². The molecule has 0 unspecified atom stereocenters. The Bertz CT molecular complexity index is 645. The van der Waals surface area contributed by atoms with E-state index in [1.807, 2.05) is 0 Å². The molecule has 20 heavy (non-hydrogen) atoms. The first-order chi connectivity index (χ1) is 9.61. The molecule has 1 aromatic heterocycles. The fourth-order valence-corrected chi connectivity index (χ4v) is 1.60. The third kappa shape index (κ3) is 2.86. The molecule has 0 aliphatic rings. The number of rotatable bonds is 4. The summed E-state index contributed by atoms with van der Waals surface area (Å²) in [7, 11) is 1.57. The Morgan fingerprint density at radius 2 is 2.00 bits per heavy atom. The number of nitrogens with zero attached hydrogens (tertiary/aromatic N) is 3. The fraction of sp³-hybridized carbons (Fsp3) is 0.0833. The van der Waals surface area contributed by atoms with Gasteiger partial charge in [-0.05, 0) is 12.1 Å². The van der Waals surface area contributed by atoms with Gasteiger partial charge in [-0.3, -0.25) is 14.9 Å². The summed E-state index contributed by atoms with van der Waals surface area (Å²) < 4.78 is 0. The fourth-order valence-electron chi connectivity index (χ4n) is 1.60. The lowest BCUT2D eigenvalue weighted by atomic mass is 10.1. The maximum atomic E-state index is 12.0. The number of nitro groups is 1. The summed E-state index contributed by atoms with van der Waals surface area (Å²) in [4.78, 5) is 29.9. The lowest BCUT2D eigenvalue weighted by Crippen LogP contribution is -2.12. The maximum absolute atomic E-state index is 12.0. The van der Waals surface area contributed by atoms with Gasteiger partial charge in [-0.25, -0.2) is 9.97 Å². The van der Waals surface area contributed by atoms with Gasteiger partial charge in [-0.2, -0.15) is 0 Å². The van der Waals surface area contributed by atoms with Gasteiger partial charge in [0.05, 0.1) is 23.0 Å². The van der Waals surface area contributed by atoms with E-state index in [0.717, 1.165) is 0 Å². The summed E-state index contributed by atoms with van der Waals surface area (Å²) in [6.45, 7) is 0. The molecule has 2 aromatic rings. The molecule has 0 radical (unpaired) electrons. The Kier molecular flexibility index (Phi) is 3.85. The van der Waals surface area contributed by atoms with Crippen LogP contribution in [0.3, 0.4) is 0 Å². The predicted octanol–water partition coefficient (Wildman–Crippen LogP) is 1.68.